The molecular weight excluding hydrogens is 288 g/mol. The molecule has 1 heterocycles. The Balaban J connectivity index is 2.24. The van der Waals surface area contributed by atoms with Crippen LogP contribution < -0.4 is 5.32 Å². The molecule has 0 fully saturated rings. The first-order valence-corrected chi connectivity index (χ1v) is 7.39. The fourth-order valence-electron chi connectivity index (χ4n) is 1.91. The van der Waals surface area contributed by atoms with Crippen molar-refractivity contribution in [1.82, 2.24) is 4.98 Å². The second-order valence-corrected chi connectivity index (χ2v) is 5.14. The molecular formula is C15H14N2O3S. The zero-order valence-electron chi connectivity index (χ0n) is 11.6. The van der Waals surface area contributed by atoms with Crippen molar-refractivity contribution in [2.24, 2.45) is 0 Å². The molecule has 0 aliphatic heterocycles. The Hall–Kier alpha value is -2.34. The lowest BCUT2D eigenvalue weighted by atomic mass is 10.1. The Bertz CT molecular complexity index is 701. The Morgan fingerprint density at radius 3 is 2.62 bits per heavy atom. The van der Waals surface area contributed by atoms with Gasteiger partial charge in [0.15, 0.2) is 0 Å². The van der Waals surface area contributed by atoms with E-state index in [-0.39, 0.29) is 11.5 Å². The van der Waals surface area contributed by atoms with Crippen molar-refractivity contribution in [3.63, 3.8) is 0 Å². The van der Waals surface area contributed by atoms with Crippen molar-refractivity contribution in [3.05, 3.63) is 53.2 Å². The molecule has 21 heavy (non-hydrogen) atoms. The van der Waals surface area contributed by atoms with Crippen molar-refractivity contribution in [2.75, 3.05) is 11.6 Å². The molecule has 0 spiro atoms. The second kappa shape index (κ2) is 6.41. The number of amides is 1. The number of carboxylic acid groups (broad SMARTS) is 1. The minimum absolute atomic E-state index is 0.221. The van der Waals surface area contributed by atoms with Crippen LogP contribution in [0.15, 0.2) is 41.6 Å². The van der Waals surface area contributed by atoms with Crippen molar-refractivity contribution in [2.45, 2.75) is 11.9 Å². The maximum atomic E-state index is 12.2. The lowest BCUT2D eigenvalue weighted by Crippen LogP contribution is -2.14. The molecule has 0 atom stereocenters. The number of rotatable bonds is 4. The zero-order valence-corrected chi connectivity index (χ0v) is 12.4. The predicted molar refractivity (Wildman–Crippen MR) is 82.1 cm³/mol. The summed E-state index contributed by atoms with van der Waals surface area (Å²) in [6.45, 7) is 1.69. The molecule has 5 nitrogen and oxygen atoms in total. The maximum absolute atomic E-state index is 12.2. The monoisotopic (exact) mass is 302 g/mol. The first kappa shape index (κ1) is 15.1. The number of pyridine rings is 1. The third kappa shape index (κ3) is 3.41. The normalized spacial score (nSPS) is 10.2. The quantitative estimate of drug-likeness (QED) is 0.849. The maximum Gasteiger partial charge on any atom is 0.335 e. The summed E-state index contributed by atoms with van der Waals surface area (Å²) in [7, 11) is 0. The summed E-state index contributed by atoms with van der Waals surface area (Å²) in [6, 6.07) is 8.09. The molecule has 108 valence electrons. The van der Waals surface area contributed by atoms with Gasteiger partial charge in [-0.05, 0) is 49.1 Å². The minimum atomic E-state index is -0.984. The van der Waals surface area contributed by atoms with Crippen LogP contribution in [0.4, 0.5) is 5.69 Å². The summed E-state index contributed by atoms with van der Waals surface area (Å²) < 4.78 is 0. The van der Waals surface area contributed by atoms with E-state index in [1.54, 1.807) is 37.4 Å². The number of nitrogens with zero attached hydrogens (tertiary/aromatic N) is 1. The Morgan fingerprint density at radius 2 is 2.00 bits per heavy atom. The average molecular weight is 302 g/mol. The van der Waals surface area contributed by atoms with Gasteiger partial charge in [-0.2, -0.15) is 0 Å². The molecule has 0 unspecified atom stereocenters. The Kier molecular flexibility index (Phi) is 4.59. The van der Waals surface area contributed by atoms with Gasteiger partial charge in [-0.25, -0.2) is 9.78 Å². The number of thioether (sulfide) groups is 1. The van der Waals surface area contributed by atoms with Gasteiger partial charge in [-0.3, -0.25) is 4.79 Å². The summed E-state index contributed by atoms with van der Waals surface area (Å²) >= 11 is 1.39. The van der Waals surface area contributed by atoms with E-state index in [1.165, 1.54) is 17.8 Å². The summed E-state index contributed by atoms with van der Waals surface area (Å²) in [5, 5.41) is 12.4. The van der Waals surface area contributed by atoms with Gasteiger partial charge in [-0.15, -0.1) is 11.8 Å². The van der Waals surface area contributed by atoms with Crippen LogP contribution in [0.1, 0.15) is 26.3 Å². The smallest absolute Gasteiger partial charge is 0.335 e. The van der Waals surface area contributed by atoms with Gasteiger partial charge < -0.3 is 10.4 Å². The number of carbonyl (C=O) groups excluding carboxylic acids is 1. The molecule has 0 radical (unpaired) electrons. The van der Waals surface area contributed by atoms with Crippen molar-refractivity contribution >= 4 is 29.3 Å². The van der Waals surface area contributed by atoms with E-state index < -0.39 is 5.97 Å². The highest BCUT2D eigenvalue weighted by Gasteiger charge is 2.13. The highest BCUT2D eigenvalue weighted by atomic mass is 32.2. The number of carbonyl (C=O) groups is 2. The molecule has 1 aromatic heterocycles. The van der Waals surface area contributed by atoms with Crippen molar-refractivity contribution in [3.8, 4) is 0 Å². The van der Waals surface area contributed by atoms with Gasteiger partial charge in [0.2, 0.25) is 0 Å². The van der Waals surface area contributed by atoms with Gasteiger partial charge in [0, 0.05) is 11.9 Å². The van der Waals surface area contributed by atoms with E-state index >= 15 is 0 Å². The molecule has 2 rings (SSSR count). The minimum Gasteiger partial charge on any atom is -0.478 e. The molecule has 0 saturated heterocycles. The topological polar surface area (TPSA) is 79.3 Å². The standard InChI is InChI=1S/C15H14N2O3S/c1-9-8-10(5-6-11(9)15(19)20)17-13(18)12-4-3-7-16-14(12)21-2/h3-8H,1-2H3,(H,17,18)(H,19,20). The summed E-state index contributed by atoms with van der Waals surface area (Å²) in [6.07, 6.45) is 3.49. The lowest BCUT2D eigenvalue weighted by Gasteiger charge is -2.09. The predicted octanol–water partition coefficient (Wildman–Crippen LogP) is 3.06. The number of hydrogen-bond donors (Lipinski definition) is 2. The van der Waals surface area contributed by atoms with E-state index in [1.807, 2.05) is 6.26 Å². The number of hydrogen-bond acceptors (Lipinski definition) is 4. The van der Waals surface area contributed by atoms with Crippen molar-refractivity contribution < 1.29 is 14.7 Å². The zero-order chi connectivity index (χ0) is 15.4. The number of benzene rings is 1. The summed E-state index contributed by atoms with van der Waals surface area (Å²) in [5.41, 5.74) is 1.86. The number of aromatic nitrogens is 1. The van der Waals surface area contributed by atoms with Crippen LogP contribution in [0, 0.1) is 6.92 Å². The number of aromatic carboxylic acids is 1. The first-order valence-electron chi connectivity index (χ1n) is 6.17. The average Bonchev–Trinajstić information content (AvgIpc) is 2.46. The molecule has 1 amide bonds. The van der Waals surface area contributed by atoms with Gasteiger partial charge in [0.05, 0.1) is 11.1 Å². The third-order valence-corrected chi connectivity index (χ3v) is 3.64. The Labute approximate surface area is 126 Å². The number of carboxylic acids is 1. The van der Waals surface area contributed by atoms with Gasteiger partial charge in [0.25, 0.3) is 5.91 Å². The summed E-state index contributed by atoms with van der Waals surface area (Å²) in [5.74, 6) is -1.25. The first-order chi connectivity index (χ1) is 10.0. The summed E-state index contributed by atoms with van der Waals surface area (Å²) in [4.78, 5) is 27.3. The Morgan fingerprint density at radius 1 is 1.24 bits per heavy atom. The molecule has 0 aliphatic carbocycles. The van der Waals surface area contributed by atoms with E-state index in [0.29, 0.717) is 21.8 Å². The number of aryl methyl sites for hydroxylation is 1. The van der Waals surface area contributed by atoms with E-state index in [4.69, 9.17) is 5.11 Å². The van der Waals surface area contributed by atoms with Gasteiger partial charge in [-0.1, -0.05) is 0 Å². The largest absolute Gasteiger partial charge is 0.478 e. The van der Waals surface area contributed by atoms with Crippen LogP contribution in [0.2, 0.25) is 0 Å². The van der Waals surface area contributed by atoms with Crippen LogP contribution in [0.3, 0.4) is 0 Å². The lowest BCUT2D eigenvalue weighted by molar-refractivity contribution is 0.0696. The molecule has 1 aromatic carbocycles. The van der Waals surface area contributed by atoms with E-state index in [0.717, 1.165) is 0 Å². The highest BCUT2D eigenvalue weighted by molar-refractivity contribution is 7.98. The molecule has 0 saturated carbocycles. The van der Waals surface area contributed by atoms with Crippen molar-refractivity contribution in [1.29, 1.82) is 0 Å². The molecule has 0 aliphatic rings. The van der Waals surface area contributed by atoms with Crippen LogP contribution >= 0.6 is 11.8 Å². The van der Waals surface area contributed by atoms with Gasteiger partial charge >= 0.3 is 5.97 Å². The van der Waals surface area contributed by atoms with E-state index in [2.05, 4.69) is 10.3 Å². The van der Waals surface area contributed by atoms with Crippen LogP contribution in [-0.4, -0.2) is 28.2 Å². The fraction of sp³-hybridized carbons (Fsp3) is 0.133. The molecule has 6 heteroatoms. The van der Waals surface area contributed by atoms with Crippen LogP contribution in [0.5, 0.6) is 0 Å². The molecule has 2 N–H and O–H groups in total. The number of anilines is 1. The molecule has 2 aromatic rings. The van der Waals surface area contributed by atoms with Gasteiger partial charge in [0.1, 0.15) is 5.03 Å². The van der Waals surface area contributed by atoms with E-state index in [9.17, 15) is 9.59 Å². The highest BCUT2D eigenvalue weighted by Crippen LogP contribution is 2.20. The second-order valence-electron chi connectivity index (χ2n) is 4.35. The SMILES string of the molecule is CSc1ncccc1C(=O)Nc1ccc(C(=O)O)c(C)c1. The third-order valence-electron chi connectivity index (χ3n) is 2.92. The number of nitrogens with one attached hydrogen (secondary N) is 1. The van der Waals surface area contributed by atoms with Crippen LogP contribution in [0.25, 0.3) is 0 Å². The van der Waals surface area contributed by atoms with Crippen LogP contribution in [-0.2, 0) is 0 Å². The molecule has 0 bridgehead atoms. The fourth-order valence-corrected chi connectivity index (χ4v) is 2.45.